The van der Waals surface area contributed by atoms with Crippen LogP contribution in [0.25, 0.3) is 0 Å². The lowest BCUT2D eigenvalue weighted by Gasteiger charge is -2.39. The quantitative estimate of drug-likeness (QED) is 0.722. The number of ether oxygens (including phenoxy) is 1. The molecule has 3 nitrogen and oxygen atoms in total. The average Bonchev–Trinajstić information content (AvgIpc) is 2.53. The lowest BCUT2D eigenvalue weighted by molar-refractivity contribution is -0.145. The highest BCUT2D eigenvalue weighted by Gasteiger charge is 2.32. The van der Waals surface area contributed by atoms with Gasteiger partial charge in [0.05, 0.1) is 13.0 Å². The molecule has 0 aliphatic carbocycles. The summed E-state index contributed by atoms with van der Waals surface area (Å²) in [4.78, 5) is 14.3. The fourth-order valence-electron chi connectivity index (χ4n) is 2.77. The summed E-state index contributed by atoms with van der Waals surface area (Å²) in [6.07, 6.45) is 5.70. The minimum atomic E-state index is -0.0540. The summed E-state index contributed by atoms with van der Waals surface area (Å²) in [5, 5.41) is 0. The Morgan fingerprint density at radius 2 is 1.72 bits per heavy atom. The lowest BCUT2D eigenvalue weighted by Crippen LogP contribution is -2.46. The SMILES string of the molecule is CCOC(=O)CC(N1CCCCCC1)C(C)(C)C. The van der Waals surface area contributed by atoms with Crippen molar-refractivity contribution in [3.63, 3.8) is 0 Å². The first-order valence-electron chi connectivity index (χ1n) is 7.35. The second-order valence-corrected chi connectivity index (χ2v) is 6.34. The number of nitrogens with zero attached hydrogens (tertiary/aromatic N) is 1. The largest absolute Gasteiger partial charge is 0.466 e. The van der Waals surface area contributed by atoms with E-state index in [0.717, 1.165) is 13.1 Å². The molecular formula is C15H29NO2. The average molecular weight is 255 g/mol. The third-order valence-corrected chi connectivity index (χ3v) is 3.75. The third-order valence-electron chi connectivity index (χ3n) is 3.75. The van der Waals surface area contributed by atoms with Gasteiger partial charge in [0.15, 0.2) is 0 Å². The Bertz CT molecular complexity index is 250. The molecular weight excluding hydrogens is 226 g/mol. The van der Waals surface area contributed by atoms with Gasteiger partial charge >= 0.3 is 5.97 Å². The van der Waals surface area contributed by atoms with Crippen LogP contribution < -0.4 is 0 Å². The van der Waals surface area contributed by atoms with Gasteiger partial charge < -0.3 is 4.74 Å². The van der Waals surface area contributed by atoms with Crippen LogP contribution in [-0.2, 0) is 9.53 Å². The summed E-state index contributed by atoms with van der Waals surface area (Å²) in [7, 11) is 0. The molecule has 1 saturated heterocycles. The zero-order valence-corrected chi connectivity index (χ0v) is 12.5. The van der Waals surface area contributed by atoms with Gasteiger partial charge in [-0.05, 0) is 38.3 Å². The Balaban J connectivity index is 2.67. The minimum absolute atomic E-state index is 0.0540. The highest BCUT2D eigenvalue weighted by molar-refractivity contribution is 5.70. The van der Waals surface area contributed by atoms with Crippen molar-refractivity contribution in [3.8, 4) is 0 Å². The number of likely N-dealkylation sites (tertiary alicyclic amines) is 1. The molecule has 1 atom stereocenters. The smallest absolute Gasteiger partial charge is 0.307 e. The van der Waals surface area contributed by atoms with E-state index in [9.17, 15) is 4.79 Å². The second-order valence-electron chi connectivity index (χ2n) is 6.34. The van der Waals surface area contributed by atoms with Gasteiger partial charge in [0, 0.05) is 6.04 Å². The van der Waals surface area contributed by atoms with Crippen LogP contribution in [0.15, 0.2) is 0 Å². The molecule has 0 amide bonds. The van der Waals surface area contributed by atoms with E-state index >= 15 is 0 Å². The van der Waals surface area contributed by atoms with Gasteiger partial charge in [-0.25, -0.2) is 0 Å². The molecule has 0 aromatic heterocycles. The van der Waals surface area contributed by atoms with Crippen molar-refractivity contribution in [1.29, 1.82) is 0 Å². The van der Waals surface area contributed by atoms with E-state index in [2.05, 4.69) is 25.7 Å². The van der Waals surface area contributed by atoms with Gasteiger partial charge in [0.2, 0.25) is 0 Å². The van der Waals surface area contributed by atoms with Gasteiger partial charge in [0.1, 0.15) is 0 Å². The first-order chi connectivity index (χ1) is 8.45. The van der Waals surface area contributed by atoms with Crippen LogP contribution in [0.5, 0.6) is 0 Å². The molecule has 1 fully saturated rings. The fourth-order valence-corrected chi connectivity index (χ4v) is 2.77. The van der Waals surface area contributed by atoms with Gasteiger partial charge in [-0.3, -0.25) is 9.69 Å². The van der Waals surface area contributed by atoms with Crippen molar-refractivity contribution in [3.05, 3.63) is 0 Å². The Kier molecular flexibility index (Phi) is 6.13. The molecule has 0 N–H and O–H groups in total. The third kappa shape index (κ3) is 4.97. The zero-order chi connectivity index (χ0) is 13.6. The number of esters is 1. The summed E-state index contributed by atoms with van der Waals surface area (Å²) in [6.45, 7) is 11.3. The van der Waals surface area contributed by atoms with Crippen molar-refractivity contribution in [2.45, 2.75) is 65.8 Å². The van der Waals surface area contributed by atoms with Gasteiger partial charge in [-0.2, -0.15) is 0 Å². The first kappa shape index (κ1) is 15.5. The maximum absolute atomic E-state index is 11.8. The van der Waals surface area contributed by atoms with Gasteiger partial charge in [-0.15, -0.1) is 0 Å². The molecule has 1 rings (SSSR count). The van der Waals surface area contributed by atoms with Crippen LogP contribution in [0.4, 0.5) is 0 Å². The number of carbonyl (C=O) groups excluding carboxylic acids is 1. The predicted molar refractivity (Wildman–Crippen MR) is 74.5 cm³/mol. The van der Waals surface area contributed by atoms with Crippen LogP contribution in [0.1, 0.15) is 59.8 Å². The molecule has 0 radical (unpaired) electrons. The topological polar surface area (TPSA) is 29.5 Å². The van der Waals surface area contributed by atoms with Crippen molar-refractivity contribution < 1.29 is 9.53 Å². The molecule has 1 unspecified atom stereocenters. The molecule has 0 aromatic rings. The first-order valence-corrected chi connectivity index (χ1v) is 7.35. The second kappa shape index (κ2) is 7.13. The summed E-state index contributed by atoms with van der Waals surface area (Å²) in [5.41, 5.74) is 0.122. The number of carbonyl (C=O) groups is 1. The summed E-state index contributed by atoms with van der Waals surface area (Å²) >= 11 is 0. The predicted octanol–water partition coefficient (Wildman–Crippen LogP) is 3.23. The maximum Gasteiger partial charge on any atom is 0.307 e. The highest BCUT2D eigenvalue weighted by Crippen LogP contribution is 2.29. The van der Waals surface area contributed by atoms with E-state index in [4.69, 9.17) is 4.74 Å². The molecule has 1 heterocycles. The van der Waals surface area contributed by atoms with Crippen LogP contribution in [0, 0.1) is 5.41 Å². The molecule has 106 valence electrons. The van der Waals surface area contributed by atoms with E-state index in [1.165, 1.54) is 25.7 Å². The minimum Gasteiger partial charge on any atom is -0.466 e. The molecule has 0 spiro atoms. The standard InChI is InChI=1S/C15H29NO2/c1-5-18-14(17)12-13(15(2,3)4)16-10-8-6-7-9-11-16/h13H,5-12H2,1-4H3. The van der Waals surface area contributed by atoms with Crippen LogP contribution in [-0.4, -0.2) is 36.6 Å². The van der Waals surface area contributed by atoms with Crippen molar-refractivity contribution >= 4 is 5.97 Å². The summed E-state index contributed by atoms with van der Waals surface area (Å²) in [6, 6.07) is 0.301. The molecule has 0 aromatic carbocycles. The van der Waals surface area contributed by atoms with E-state index in [-0.39, 0.29) is 11.4 Å². The van der Waals surface area contributed by atoms with E-state index < -0.39 is 0 Å². The van der Waals surface area contributed by atoms with Gasteiger partial charge in [-0.1, -0.05) is 33.6 Å². The zero-order valence-electron chi connectivity index (χ0n) is 12.5. The van der Waals surface area contributed by atoms with E-state index in [1.54, 1.807) is 0 Å². The normalized spacial score (nSPS) is 20.2. The van der Waals surface area contributed by atoms with Crippen molar-refractivity contribution in [1.82, 2.24) is 4.90 Å². The molecule has 18 heavy (non-hydrogen) atoms. The highest BCUT2D eigenvalue weighted by atomic mass is 16.5. The Labute approximate surface area is 112 Å². The molecule has 1 aliphatic rings. The number of hydrogen-bond acceptors (Lipinski definition) is 3. The number of rotatable bonds is 4. The lowest BCUT2D eigenvalue weighted by atomic mass is 9.83. The molecule has 0 bridgehead atoms. The molecule has 0 saturated carbocycles. The summed E-state index contributed by atoms with van der Waals surface area (Å²) in [5.74, 6) is -0.0540. The van der Waals surface area contributed by atoms with Crippen LogP contribution >= 0.6 is 0 Å². The van der Waals surface area contributed by atoms with Crippen LogP contribution in [0.3, 0.4) is 0 Å². The summed E-state index contributed by atoms with van der Waals surface area (Å²) < 4.78 is 5.12. The maximum atomic E-state index is 11.8. The van der Waals surface area contributed by atoms with Crippen LogP contribution in [0.2, 0.25) is 0 Å². The Hall–Kier alpha value is -0.570. The molecule has 3 heteroatoms. The monoisotopic (exact) mass is 255 g/mol. The molecule has 1 aliphatic heterocycles. The number of hydrogen-bond donors (Lipinski definition) is 0. The van der Waals surface area contributed by atoms with E-state index in [1.807, 2.05) is 6.92 Å². The Morgan fingerprint density at radius 1 is 1.17 bits per heavy atom. The fraction of sp³-hybridized carbons (Fsp3) is 0.933. The van der Waals surface area contributed by atoms with E-state index in [0.29, 0.717) is 19.1 Å². The Morgan fingerprint density at radius 3 is 2.17 bits per heavy atom. The van der Waals surface area contributed by atoms with Gasteiger partial charge in [0.25, 0.3) is 0 Å². The van der Waals surface area contributed by atoms with Crippen molar-refractivity contribution in [2.24, 2.45) is 5.41 Å². The van der Waals surface area contributed by atoms with Crippen molar-refractivity contribution in [2.75, 3.05) is 19.7 Å².